The molecule has 0 radical (unpaired) electrons. The second-order valence-corrected chi connectivity index (χ2v) is 8.38. The van der Waals surface area contributed by atoms with Crippen LogP contribution in [0.4, 0.5) is 0 Å². The summed E-state index contributed by atoms with van der Waals surface area (Å²) in [5.41, 5.74) is 0. The summed E-state index contributed by atoms with van der Waals surface area (Å²) in [5.74, 6) is 2.90. The van der Waals surface area contributed by atoms with Crippen LogP contribution in [0.25, 0.3) is 0 Å². The normalized spacial score (nSPS) is 18.2. The number of guanidine groups is 1. The van der Waals surface area contributed by atoms with Crippen molar-refractivity contribution in [3.05, 3.63) is 46.4 Å². The molecule has 1 atom stereocenters. The summed E-state index contributed by atoms with van der Waals surface area (Å²) in [6.45, 7) is 5.01. The Morgan fingerprint density at radius 2 is 2.25 bits per heavy atom. The summed E-state index contributed by atoms with van der Waals surface area (Å²) in [7, 11) is 1.87. The van der Waals surface area contributed by atoms with E-state index in [4.69, 9.17) is 0 Å². The van der Waals surface area contributed by atoms with Gasteiger partial charge in [0.15, 0.2) is 5.96 Å². The third-order valence-corrected chi connectivity index (χ3v) is 6.27. The minimum Gasteiger partial charge on any atom is -0.351 e. The van der Waals surface area contributed by atoms with E-state index in [0.717, 1.165) is 36.5 Å². The molecule has 6 heteroatoms. The number of aryl methyl sites for hydroxylation is 1. The highest BCUT2D eigenvalue weighted by Crippen LogP contribution is 2.25. The molecule has 1 aliphatic heterocycles. The van der Waals surface area contributed by atoms with Gasteiger partial charge in [0.1, 0.15) is 0 Å². The third kappa shape index (κ3) is 4.74. The number of hydrogen-bond acceptors (Lipinski definition) is 4. The van der Waals surface area contributed by atoms with E-state index in [-0.39, 0.29) is 0 Å². The monoisotopic (exact) mass is 360 g/mol. The highest BCUT2D eigenvalue weighted by Gasteiger charge is 2.24. The SMILES string of the molecule is CN=C(NCc1cnc(C)s1)N1CCC(CSc2ccccc2)C1. The fraction of sp³-hybridized carbons (Fsp3) is 0.444. The minimum absolute atomic E-state index is 0.722. The van der Waals surface area contributed by atoms with Crippen LogP contribution in [-0.2, 0) is 6.54 Å². The molecule has 1 fully saturated rings. The van der Waals surface area contributed by atoms with Gasteiger partial charge in [0, 0.05) is 41.9 Å². The van der Waals surface area contributed by atoms with E-state index >= 15 is 0 Å². The molecule has 0 bridgehead atoms. The first-order valence-corrected chi connectivity index (χ1v) is 10.1. The lowest BCUT2D eigenvalue weighted by Crippen LogP contribution is -2.39. The van der Waals surface area contributed by atoms with E-state index in [2.05, 4.69) is 50.5 Å². The van der Waals surface area contributed by atoms with Crippen LogP contribution in [0.2, 0.25) is 0 Å². The maximum atomic E-state index is 4.45. The highest BCUT2D eigenvalue weighted by molar-refractivity contribution is 7.99. The number of likely N-dealkylation sites (tertiary alicyclic amines) is 1. The summed E-state index contributed by atoms with van der Waals surface area (Å²) in [5, 5.41) is 4.59. The summed E-state index contributed by atoms with van der Waals surface area (Å²) in [4.78, 5) is 13.8. The second-order valence-electron chi connectivity index (χ2n) is 5.97. The lowest BCUT2D eigenvalue weighted by Gasteiger charge is -2.21. The Morgan fingerprint density at radius 3 is 2.96 bits per heavy atom. The Kier molecular flexibility index (Phi) is 6.15. The molecule has 1 aromatic carbocycles. The van der Waals surface area contributed by atoms with Gasteiger partial charge in [0.05, 0.1) is 11.6 Å². The molecule has 128 valence electrons. The average Bonchev–Trinajstić information content (AvgIpc) is 3.24. The Hall–Kier alpha value is -1.53. The fourth-order valence-electron chi connectivity index (χ4n) is 2.88. The number of aromatic nitrogens is 1. The molecule has 0 amide bonds. The zero-order chi connectivity index (χ0) is 16.8. The van der Waals surface area contributed by atoms with Crippen LogP contribution in [0.3, 0.4) is 0 Å². The van der Waals surface area contributed by atoms with Gasteiger partial charge in [-0.3, -0.25) is 4.99 Å². The Bertz CT molecular complexity index is 669. The average molecular weight is 361 g/mol. The van der Waals surface area contributed by atoms with E-state index < -0.39 is 0 Å². The number of thioether (sulfide) groups is 1. The van der Waals surface area contributed by atoms with Crippen molar-refractivity contribution in [1.82, 2.24) is 15.2 Å². The Morgan fingerprint density at radius 1 is 1.42 bits per heavy atom. The van der Waals surface area contributed by atoms with Crippen LogP contribution in [0, 0.1) is 12.8 Å². The predicted octanol–water partition coefficient (Wildman–Crippen LogP) is 3.64. The first-order chi connectivity index (χ1) is 11.7. The van der Waals surface area contributed by atoms with E-state index in [1.165, 1.54) is 21.9 Å². The molecule has 0 spiro atoms. The Balaban J connectivity index is 1.46. The van der Waals surface area contributed by atoms with E-state index in [9.17, 15) is 0 Å². The molecule has 0 saturated carbocycles. The molecule has 1 N–H and O–H groups in total. The number of thiazole rings is 1. The summed E-state index contributed by atoms with van der Waals surface area (Å²) >= 11 is 3.70. The summed E-state index contributed by atoms with van der Waals surface area (Å²) in [6.07, 6.45) is 3.18. The molecule has 2 aromatic rings. The van der Waals surface area contributed by atoms with Gasteiger partial charge < -0.3 is 10.2 Å². The number of nitrogens with one attached hydrogen (secondary N) is 1. The molecule has 1 aromatic heterocycles. The van der Waals surface area contributed by atoms with Crippen molar-refractivity contribution < 1.29 is 0 Å². The highest BCUT2D eigenvalue weighted by atomic mass is 32.2. The number of nitrogens with zero attached hydrogens (tertiary/aromatic N) is 3. The smallest absolute Gasteiger partial charge is 0.193 e. The van der Waals surface area contributed by atoms with Crippen LogP contribution in [0.1, 0.15) is 16.3 Å². The van der Waals surface area contributed by atoms with Crippen molar-refractivity contribution >= 4 is 29.1 Å². The van der Waals surface area contributed by atoms with Crippen molar-refractivity contribution in [2.24, 2.45) is 10.9 Å². The van der Waals surface area contributed by atoms with Gasteiger partial charge >= 0.3 is 0 Å². The van der Waals surface area contributed by atoms with Crippen LogP contribution in [0.15, 0.2) is 46.4 Å². The summed E-state index contributed by atoms with van der Waals surface area (Å²) in [6, 6.07) is 10.7. The first-order valence-electron chi connectivity index (χ1n) is 8.29. The van der Waals surface area contributed by atoms with Gasteiger partial charge in [-0.2, -0.15) is 0 Å². The molecule has 4 nitrogen and oxygen atoms in total. The van der Waals surface area contributed by atoms with Gasteiger partial charge in [0.25, 0.3) is 0 Å². The molecule has 0 aliphatic carbocycles. The van der Waals surface area contributed by atoms with Gasteiger partial charge in [-0.1, -0.05) is 18.2 Å². The minimum atomic E-state index is 0.722. The van der Waals surface area contributed by atoms with Crippen LogP contribution in [0.5, 0.6) is 0 Å². The molecule has 2 heterocycles. The standard InChI is InChI=1S/C18H24N4S2/c1-14-20-10-17(24-14)11-21-18(19-2)22-9-8-15(12-22)13-23-16-6-4-3-5-7-16/h3-7,10,15H,8-9,11-13H2,1-2H3,(H,19,21). The Labute approximate surface area is 152 Å². The van der Waals surface area contributed by atoms with Crippen molar-refractivity contribution in [3.63, 3.8) is 0 Å². The number of hydrogen-bond donors (Lipinski definition) is 1. The van der Waals surface area contributed by atoms with E-state index in [0.29, 0.717) is 0 Å². The predicted molar refractivity (Wildman–Crippen MR) is 104 cm³/mol. The van der Waals surface area contributed by atoms with Crippen molar-refractivity contribution in [3.8, 4) is 0 Å². The fourth-order valence-corrected chi connectivity index (χ4v) is 4.66. The van der Waals surface area contributed by atoms with Gasteiger partial charge in [-0.25, -0.2) is 4.98 Å². The van der Waals surface area contributed by atoms with Crippen LogP contribution >= 0.6 is 23.1 Å². The molecular formula is C18H24N4S2. The number of rotatable bonds is 5. The second kappa shape index (κ2) is 8.53. The molecule has 24 heavy (non-hydrogen) atoms. The topological polar surface area (TPSA) is 40.5 Å². The molecule has 3 rings (SSSR count). The quantitative estimate of drug-likeness (QED) is 0.502. The number of benzene rings is 1. The molecular weight excluding hydrogens is 336 g/mol. The number of aliphatic imine (C=N–C) groups is 1. The molecule has 1 saturated heterocycles. The van der Waals surface area contributed by atoms with Gasteiger partial charge in [-0.05, 0) is 31.4 Å². The molecule has 1 unspecified atom stereocenters. The van der Waals surface area contributed by atoms with Crippen molar-refractivity contribution in [2.45, 2.75) is 24.8 Å². The van der Waals surface area contributed by atoms with Gasteiger partial charge in [0.2, 0.25) is 0 Å². The lowest BCUT2D eigenvalue weighted by atomic mass is 10.2. The maximum Gasteiger partial charge on any atom is 0.193 e. The largest absolute Gasteiger partial charge is 0.351 e. The third-order valence-electron chi connectivity index (χ3n) is 4.12. The van der Waals surface area contributed by atoms with E-state index in [1.54, 1.807) is 11.3 Å². The van der Waals surface area contributed by atoms with Crippen LogP contribution in [-0.4, -0.2) is 41.7 Å². The van der Waals surface area contributed by atoms with Crippen molar-refractivity contribution in [1.29, 1.82) is 0 Å². The maximum absolute atomic E-state index is 4.45. The zero-order valence-corrected chi connectivity index (χ0v) is 15.9. The van der Waals surface area contributed by atoms with Crippen molar-refractivity contribution in [2.75, 3.05) is 25.9 Å². The zero-order valence-electron chi connectivity index (χ0n) is 14.2. The van der Waals surface area contributed by atoms with E-state index in [1.807, 2.05) is 31.9 Å². The van der Waals surface area contributed by atoms with Gasteiger partial charge in [-0.15, -0.1) is 23.1 Å². The van der Waals surface area contributed by atoms with Crippen LogP contribution < -0.4 is 5.32 Å². The summed E-state index contributed by atoms with van der Waals surface area (Å²) < 4.78 is 0. The first kappa shape index (κ1) is 17.3. The lowest BCUT2D eigenvalue weighted by molar-refractivity contribution is 0.474. The molecule has 1 aliphatic rings.